The number of hydrogen-bond acceptors (Lipinski definition) is 3. The molecule has 0 aromatic heterocycles. The molecule has 2 rings (SSSR count). The van der Waals surface area contributed by atoms with Gasteiger partial charge in [0.05, 0.1) is 0 Å². The predicted octanol–water partition coefficient (Wildman–Crippen LogP) is 2.65. The number of hydrogen-bond donors (Lipinski definition) is 1. The van der Waals surface area contributed by atoms with E-state index >= 15 is 0 Å². The number of benzene rings is 1. The summed E-state index contributed by atoms with van der Waals surface area (Å²) in [5, 5.41) is 9.57. The minimum Gasteiger partial charge on any atom is -0.480 e. The molecule has 1 N–H and O–H groups in total. The third kappa shape index (κ3) is 3.16. The molecule has 18 heavy (non-hydrogen) atoms. The van der Waals surface area contributed by atoms with Crippen molar-refractivity contribution in [2.24, 2.45) is 0 Å². The van der Waals surface area contributed by atoms with Crippen molar-refractivity contribution in [1.29, 1.82) is 0 Å². The van der Waals surface area contributed by atoms with E-state index in [2.05, 4.69) is 0 Å². The fraction of sp³-hybridized carbons (Fsp3) is 0.417. The molecule has 1 saturated heterocycles. The van der Waals surface area contributed by atoms with Crippen molar-refractivity contribution in [2.45, 2.75) is 6.04 Å². The number of carboxylic acid groups (broad SMARTS) is 1. The highest BCUT2D eigenvalue weighted by atomic mass is 35.5. The van der Waals surface area contributed by atoms with Gasteiger partial charge in [-0.05, 0) is 23.8 Å². The Kier molecular flexibility index (Phi) is 4.48. The summed E-state index contributed by atoms with van der Waals surface area (Å²) in [7, 11) is 0. The summed E-state index contributed by atoms with van der Waals surface area (Å²) in [6, 6.07) is 3.12. The van der Waals surface area contributed by atoms with Crippen molar-refractivity contribution in [1.82, 2.24) is 4.90 Å². The highest BCUT2D eigenvalue weighted by Gasteiger charge is 2.29. The fourth-order valence-corrected chi connectivity index (χ4v) is 3.24. The van der Waals surface area contributed by atoms with Gasteiger partial charge in [-0.25, -0.2) is 4.39 Å². The van der Waals surface area contributed by atoms with Gasteiger partial charge in [0.25, 0.3) is 0 Å². The van der Waals surface area contributed by atoms with Gasteiger partial charge >= 0.3 is 5.97 Å². The van der Waals surface area contributed by atoms with E-state index in [0.717, 1.165) is 11.5 Å². The molecule has 3 nitrogen and oxygen atoms in total. The third-order valence-electron chi connectivity index (χ3n) is 2.85. The molecule has 1 atom stereocenters. The molecule has 0 bridgehead atoms. The Balaban J connectivity index is 2.31. The van der Waals surface area contributed by atoms with Gasteiger partial charge in [0.2, 0.25) is 0 Å². The summed E-state index contributed by atoms with van der Waals surface area (Å²) in [5.41, 5.74) is 0.402. The van der Waals surface area contributed by atoms with Crippen LogP contribution < -0.4 is 0 Å². The van der Waals surface area contributed by atoms with Crippen LogP contribution in [0.15, 0.2) is 18.2 Å². The van der Waals surface area contributed by atoms with Gasteiger partial charge in [0, 0.05) is 29.6 Å². The highest BCUT2D eigenvalue weighted by Crippen LogP contribution is 2.27. The van der Waals surface area contributed by atoms with Crippen LogP contribution in [0.4, 0.5) is 4.39 Å². The lowest BCUT2D eigenvalue weighted by atomic mass is 10.1. The lowest BCUT2D eigenvalue weighted by molar-refractivity contribution is -0.143. The van der Waals surface area contributed by atoms with Gasteiger partial charge in [0.15, 0.2) is 0 Å². The second-order valence-electron chi connectivity index (χ2n) is 4.09. The van der Waals surface area contributed by atoms with Crippen LogP contribution in [0.2, 0.25) is 5.02 Å². The molecule has 1 aliphatic heterocycles. The van der Waals surface area contributed by atoms with E-state index in [1.807, 2.05) is 4.90 Å². The van der Waals surface area contributed by atoms with Crippen LogP contribution in [0, 0.1) is 5.82 Å². The average Bonchev–Trinajstić information content (AvgIpc) is 2.28. The number of aliphatic carboxylic acids is 1. The number of halogens is 2. The van der Waals surface area contributed by atoms with Crippen LogP contribution >= 0.6 is 23.4 Å². The normalized spacial score (nSPS) is 18.6. The lowest BCUT2D eigenvalue weighted by Gasteiger charge is -2.32. The second kappa shape index (κ2) is 5.91. The first-order chi connectivity index (χ1) is 8.58. The summed E-state index contributed by atoms with van der Waals surface area (Å²) < 4.78 is 13.3. The Bertz CT molecular complexity index is 431. The zero-order valence-corrected chi connectivity index (χ0v) is 11.2. The van der Waals surface area contributed by atoms with Crippen molar-refractivity contribution < 1.29 is 14.3 Å². The molecular formula is C12H13ClFNO2S. The standard InChI is InChI=1S/C12H13ClFNO2S/c13-9-5-8(6-10(14)7-9)11(12(16)17)15-1-3-18-4-2-15/h5-7,11H,1-4H2,(H,16,17). The number of carboxylic acids is 1. The summed E-state index contributed by atoms with van der Waals surface area (Å²) in [6.07, 6.45) is 0. The number of nitrogens with zero attached hydrogens (tertiary/aromatic N) is 1. The van der Waals surface area contributed by atoms with E-state index < -0.39 is 17.8 Å². The summed E-state index contributed by atoms with van der Waals surface area (Å²) in [6.45, 7) is 1.38. The van der Waals surface area contributed by atoms with Crippen LogP contribution in [0.1, 0.15) is 11.6 Å². The average molecular weight is 290 g/mol. The first-order valence-corrected chi connectivity index (χ1v) is 7.12. The molecule has 1 fully saturated rings. The van der Waals surface area contributed by atoms with Crippen molar-refractivity contribution in [3.8, 4) is 0 Å². The Morgan fingerprint density at radius 3 is 2.61 bits per heavy atom. The van der Waals surface area contributed by atoms with E-state index in [-0.39, 0.29) is 5.02 Å². The summed E-state index contributed by atoms with van der Waals surface area (Å²) >= 11 is 7.58. The van der Waals surface area contributed by atoms with Crippen LogP contribution in [-0.4, -0.2) is 40.6 Å². The van der Waals surface area contributed by atoms with Crippen LogP contribution in [-0.2, 0) is 4.79 Å². The first kappa shape index (κ1) is 13.6. The maximum absolute atomic E-state index is 13.3. The SMILES string of the molecule is O=C(O)C(c1cc(F)cc(Cl)c1)N1CCSCC1. The van der Waals surface area contributed by atoms with E-state index in [4.69, 9.17) is 11.6 Å². The molecule has 0 saturated carbocycles. The number of thioether (sulfide) groups is 1. The van der Waals surface area contributed by atoms with E-state index in [1.165, 1.54) is 18.2 Å². The minimum atomic E-state index is -0.969. The second-order valence-corrected chi connectivity index (χ2v) is 5.75. The Hall–Kier alpha value is -0.780. The monoisotopic (exact) mass is 289 g/mol. The van der Waals surface area contributed by atoms with Gasteiger partial charge in [-0.15, -0.1) is 0 Å². The molecule has 98 valence electrons. The molecular weight excluding hydrogens is 277 g/mol. The van der Waals surface area contributed by atoms with Gasteiger partial charge < -0.3 is 5.11 Å². The fourth-order valence-electron chi connectivity index (χ4n) is 2.08. The minimum absolute atomic E-state index is 0.225. The molecule has 0 spiro atoms. The smallest absolute Gasteiger partial charge is 0.325 e. The maximum atomic E-state index is 13.3. The Morgan fingerprint density at radius 1 is 1.39 bits per heavy atom. The zero-order chi connectivity index (χ0) is 13.1. The van der Waals surface area contributed by atoms with E-state index in [9.17, 15) is 14.3 Å². The predicted molar refractivity (Wildman–Crippen MR) is 70.7 cm³/mol. The molecule has 0 aliphatic carbocycles. The van der Waals surface area contributed by atoms with Gasteiger partial charge in [-0.2, -0.15) is 11.8 Å². The van der Waals surface area contributed by atoms with Gasteiger partial charge in [-0.1, -0.05) is 11.6 Å². The molecule has 0 radical (unpaired) electrons. The lowest BCUT2D eigenvalue weighted by Crippen LogP contribution is -2.39. The van der Waals surface area contributed by atoms with Crippen molar-refractivity contribution in [2.75, 3.05) is 24.6 Å². The van der Waals surface area contributed by atoms with Crippen LogP contribution in [0.25, 0.3) is 0 Å². The Morgan fingerprint density at radius 2 is 2.06 bits per heavy atom. The van der Waals surface area contributed by atoms with Gasteiger partial charge in [-0.3, -0.25) is 9.69 Å². The molecule has 6 heteroatoms. The molecule has 0 amide bonds. The topological polar surface area (TPSA) is 40.5 Å². The molecule has 1 heterocycles. The summed E-state index contributed by atoms with van der Waals surface area (Å²) in [4.78, 5) is 13.3. The first-order valence-electron chi connectivity index (χ1n) is 5.58. The largest absolute Gasteiger partial charge is 0.480 e. The molecule has 1 unspecified atom stereocenters. The van der Waals surface area contributed by atoms with Crippen molar-refractivity contribution in [3.05, 3.63) is 34.6 Å². The highest BCUT2D eigenvalue weighted by molar-refractivity contribution is 7.99. The Labute approximate surface area is 114 Å². The van der Waals surface area contributed by atoms with Crippen molar-refractivity contribution in [3.63, 3.8) is 0 Å². The number of carbonyl (C=O) groups is 1. The van der Waals surface area contributed by atoms with Crippen LogP contribution in [0.3, 0.4) is 0 Å². The number of rotatable bonds is 3. The zero-order valence-electron chi connectivity index (χ0n) is 9.60. The van der Waals surface area contributed by atoms with E-state index in [1.54, 1.807) is 11.8 Å². The molecule has 1 aromatic carbocycles. The van der Waals surface area contributed by atoms with Crippen LogP contribution in [0.5, 0.6) is 0 Å². The third-order valence-corrected chi connectivity index (χ3v) is 4.01. The van der Waals surface area contributed by atoms with Crippen molar-refractivity contribution >= 4 is 29.3 Å². The maximum Gasteiger partial charge on any atom is 0.325 e. The van der Waals surface area contributed by atoms with Gasteiger partial charge in [0.1, 0.15) is 11.9 Å². The quantitative estimate of drug-likeness (QED) is 0.929. The molecule has 1 aliphatic rings. The molecule has 1 aromatic rings. The van der Waals surface area contributed by atoms with E-state index in [0.29, 0.717) is 18.7 Å². The summed E-state index contributed by atoms with van der Waals surface area (Å²) in [5.74, 6) is 0.318.